The van der Waals surface area contributed by atoms with E-state index in [9.17, 15) is 13.2 Å². The second-order valence-corrected chi connectivity index (χ2v) is 10.0. The summed E-state index contributed by atoms with van der Waals surface area (Å²) < 4.78 is 24.0. The lowest BCUT2D eigenvalue weighted by Gasteiger charge is -2.59. The molecule has 114 valence electrons. The van der Waals surface area contributed by atoms with E-state index >= 15 is 0 Å². The molecular weight excluding hydrogens is 274 g/mol. The van der Waals surface area contributed by atoms with Gasteiger partial charge in [0, 0.05) is 18.2 Å². The Morgan fingerprint density at radius 2 is 1.70 bits per heavy atom. The zero-order valence-electron chi connectivity index (χ0n) is 12.6. The molecule has 4 rings (SSSR count). The minimum atomic E-state index is -3.00. The number of amides is 1. The van der Waals surface area contributed by atoms with Crippen LogP contribution in [-0.2, 0) is 14.6 Å². The first-order chi connectivity index (χ1) is 9.22. The fourth-order valence-electron chi connectivity index (χ4n) is 4.97. The third kappa shape index (κ3) is 2.09. The first-order valence-corrected chi connectivity index (χ1v) is 9.61. The maximum atomic E-state index is 12.2. The number of hydrogen-bond acceptors (Lipinski definition) is 3. The topological polar surface area (TPSA) is 63.2 Å². The molecule has 20 heavy (non-hydrogen) atoms. The van der Waals surface area contributed by atoms with E-state index in [4.69, 9.17) is 0 Å². The molecule has 4 aliphatic carbocycles. The van der Waals surface area contributed by atoms with Crippen LogP contribution in [0.2, 0.25) is 0 Å². The van der Waals surface area contributed by atoms with Crippen LogP contribution in [0.25, 0.3) is 0 Å². The summed E-state index contributed by atoms with van der Waals surface area (Å²) in [6.45, 7) is 3.81. The first-order valence-electron chi connectivity index (χ1n) is 7.72. The normalized spacial score (nSPS) is 43.0. The molecule has 4 nitrogen and oxygen atoms in total. The molecule has 4 bridgehead atoms. The average Bonchev–Trinajstić information content (AvgIpc) is 2.31. The summed E-state index contributed by atoms with van der Waals surface area (Å²) in [7, 11) is -3.00. The van der Waals surface area contributed by atoms with Gasteiger partial charge in [0.2, 0.25) is 5.91 Å². The van der Waals surface area contributed by atoms with E-state index in [-0.39, 0.29) is 17.9 Å². The molecule has 0 aromatic heterocycles. The largest absolute Gasteiger partial charge is 0.353 e. The Hall–Kier alpha value is -0.580. The molecule has 4 aliphatic rings. The third-order valence-electron chi connectivity index (χ3n) is 5.84. The van der Waals surface area contributed by atoms with Gasteiger partial charge >= 0.3 is 0 Å². The van der Waals surface area contributed by atoms with E-state index in [2.05, 4.69) is 5.32 Å². The van der Waals surface area contributed by atoms with Gasteiger partial charge < -0.3 is 5.32 Å². The molecule has 4 fully saturated rings. The highest BCUT2D eigenvalue weighted by atomic mass is 32.2. The van der Waals surface area contributed by atoms with E-state index in [0.717, 1.165) is 32.1 Å². The van der Waals surface area contributed by atoms with Gasteiger partial charge in [-0.05, 0) is 49.9 Å². The van der Waals surface area contributed by atoms with Gasteiger partial charge in [-0.1, -0.05) is 13.8 Å². The maximum Gasteiger partial charge on any atom is 0.222 e. The van der Waals surface area contributed by atoms with Gasteiger partial charge in [0.1, 0.15) is 0 Å². The highest BCUT2D eigenvalue weighted by Crippen LogP contribution is 2.58. The van der Waals surface area contributed by atoms with E-state index < -0.39 is 14.6 Å². The Kier molecular flexibility index (Phi) is 3.20. The zero-order chi connectivity index (χ0) is 14.7. The second kappa shape index (κ2) is 4.46. The number of nitrogens with one attached hydrogen (secondary N) is 1. The van der Waals surface area contributed by atoms with Crippen LogP contribution in [0.5, 0.6) is 0 Å². The van der Waals surface area contributed by atoms with Crippen molar-refractivity contribution in [2.24, 2.45) is 23.7 Å². The van der Waals surface area contributed by atoms with Crippen LogP contribution in [0.3, 0.4) is 0 Å². The summed E-state index contributed by atoms with van der Waals surface area (Å²) in [4.78, 5) is 12.0. The van der Waals surface area contributed by atoms with Gasteiger partial charge in [-0.3, -0.25) is 4.79 Å². The Labute approximate surface area is 121 Å². The molecule has 2 unspecified atom stereocenters. The maximum absolute atomic E-state index is 12.2. The van der Waals surface area contributed by atoms with Crippen LogP contribution in [0, 0.1) is 23.7 Å². The Balaban J connectivity index is 1.83. The van der Waals surface area contributed by atoms with E-state index in [1.807, 2.05) is 13.8 Å². The van der Waals surface area contributed by atoms with Crippen LogP contribution >= 0.6 is 0 Å². The van der Waals surface area contributed by atoms with Crippen molar-refractivity contribution in [2.45, 2.75) is 56.7 Å². The highest BCUT2D eigenvalue weighted by molar-refractivity contribution is 7.92. The van der Waals surface area contributed by atoms with Crippen molar-refractivity contribution in [1.29, 1.82) is 0 Å². The minimum absolute atomic E-state index is 0.00365. The molecule has 0 spiro atoms. The number of rotatable bonds is 3. The second-order valence-electron chi connectivity index (χ2n) is 7.61. The quantitative estimate of drug-likeness (QED) is 0.863. The van der Waals surface area contributed by atoms with Crippen molar-refractivity contribution in [2.75, 3.05) is 6.26 Å². The number of hydrogen-bond donors (Lipinski definition) is 1. The molecule has 0 aromatic carbocycles. The van der Waals surface area contributed by atoms with Crippen molar-refractivity contribution in [3.05, 3.63) is 0 Å². The third-order valence-corrected chi connectivity index (χ3v) is 7.91. The monoisotopic (exact) mass is 299 g/mol. The predicted octanol–water partition coefficient (Wildman–Crippen LogP) is 1.75. The molecule has 5 heteroatoms. The molecule has 1 N–H and O–H groups in total. The van der Waals surface area contributed by atoms with Gasteiger partial charge in [0.15, 0.2) is 9.84 Å². The SMILES string of the molecule is CC(C)C(=O)NC1C2CC3CC1CC(S(C)(=O)=O)(C3)C2. The smallest absolute Gasteiger partial charge is 0.222 e. The minimum Gasteiger partial charge on any atom is -0.353 e. The molecule has 0 saturated heterocycles. The van der Waals surface area contributed by atoms with Crippen LogP contribution in [0.1, 0.15) is 46.0 Å². The molecular formula is C15H25NO3S. The number of carbonyl (C=O) groups is 1. The first kappa shape index (κ1) is 14.4. The lowest BCUT2D eigenvalue weighted by atomic mass is 9.53. The molecule has 0 heterocycles. The molecule has 0 radical (unpaired) electrons. The lowest BCUT2D eigenvalue weighted by molar-refractivity contribution is -0.127. The summed E-state index contributed by atoms with van der Waals surface area (Å²) in [5.41, 5.74) is 0. The van der Waals surface area contributed by atoms with Gasteiger partial charge in [0.05, 0.1) is 4.75 Å². The molecule has 1 amide bonds. The lowest BCUT2D eigenvalue weighted by Crippen LogP contribution is -2.63. The van der Waals surface area contributed by atoms with Crippen molar-refractivity contribution in [1.82, 2.24) is 5.32 Å². The summed E-state index contributed by atoms with van der Waals surface area (Å²) in [6.07, 6.45) is 5.95. The fraction of sp³-hybridized carbons (Fsp3) is 0.933. The summed E-state index contributed by atoms with van der Waals surface area (Å²) >= 11 is 0. The van der Waals surface area contributed by atoms with E-state index in [1.165, 1.54) is 6.26 Å². The number of carbonyl (C=O) groups excluding carboxylic acids is 1. The van der Waals surface area contributed by atoms with Crippen molar-refractivity contribution >= 4 is 15.7 Å². The van der Waals surface area contributed by atoms with Gasteiger partial charge in [-0.2, -0.15) is 0 Å². The average molecular weight is 299 g/mol. The molecule has 0 aromatic rings. The fourth-order valence-corrected chi connectivity index (χ4v) is 6.54. The molecule has 2 atom stereocenters. The summed E-state index contributed by atoms with van der Waals surface area (Å²) in [6, 6.07) is 0.205. The van der Waals surface area contributed by atoms with Crippen LogP contribution < -0.4 is 5.32 Å². The van der Waals surface area contributed by atoms with Gasteiger partial charge in [0.25, 0.3) is 0 Å². The Morgan fingerprint density at radius 3 is 2.15 bits per heavy atom. The van der Waals surface area contributed by atoms with Crippen molar-refractivity contribution in [3.8, 4) is 0 Å². The van der Waals surface area contributed by atoms with Gasteiger partial charge in [-0.25, -0.2) is 8.42 Å². The summed E-state index contributed by atoms with van der Waals surface area (Å²) in [5.74, 6) is 1.37. The van der Waals surface area contributed by atoms with Crippen molar-refractivity contribution < 1.29 is 13.2 Å². The van der Waals surface area contributed by atoms with Crippen LogP contribution in [0.4, 0.5) is 0 Å². The standard InChI is InChI=1S/C15H25NO3S/c1-9(2)14(17)16-13-11-4-10-5-12(13)8-15(6-10,7-11)20(3,18)19/h9-13H,4-8H2,1-3H3,(H,16,17). The zero-order valence-corrected chi connectivity index (χ0v) is 13.4. The number of sulfone groups is 1. The van der Waals surface area contributed by atoms with Gasteiger partial charge in [-0.15, -0.1) is 0 Å². The molecule has 4 saturated carbocycles. The Bertz CT molecular complexity index is 509. The van der Waals surface area contributed by atoms with Crippen LogP contribution in [0.15, 0.2) is 0 Å². The van der Waals surface area contributed by atoms with Crippen LogP contribution in [-0.4, -0.2) is 31.4 Å². The van der Waals surface area contributed by atoms with E-state index in [1.54, 1.807) is 0 Å². The Morgan fingerprint density at radius 1 is 1.15 bits per heavy atom. The highest BCUT2D eigenvalue weighted by Gasteiger charge is 2.59. The molecule has 0 aliphatic heterocycles. The van der Waals surface area contributed by atoms with Crippen molar-refractivity contribution in [3.63, 3.8) is 0 Å². The summed E-state index contributed by atoms with van der Waals surface area (Å²) in [5, 5.41) is 3.20. The van der Waals surface area contributed by atoms with E-state index in [0.29, 0.717) is 17.8 Å². The predicted molar refractivity (Wildman–Crippen MR) is 77.9 cm³/mol.